The zero-order chi connectivity index (χ0) is 18.7. The SMILES string of the molecule is C=Cc1c2cccc3ccc(C)c(/c(=C\C)n4c1c(=C)c1ccccc14)c32. The first-order valence-corrected chi connectivity index (χ1v) is 9.32. The average Bonchev–Trinajstić information content (AvgIpc) is 2.90. The quantitative estimate of drug-likeness (QED) is 0.374. The monoisotopic (exact) mass is 347 g/mol. The number of rotatable bonds is 1. The second-order valence-corrected chi connectivity index (χ2v) is 7.13. The van der Waals surface area contributed by atoms with Gasteiger partial charge in [-0.05, 0) is 41.6 Å². The van der Waals surface area contributed by atoms with Gasteiger partial charge in [-0.15, -0.1) is 0 Å². The van der Waals surface area contributed by atoms with Gasteiger partial charge in [0.25, 0.3) is 0 Å². The molecule has 5 aromatic rings. The summed E-state index contributed by atoms with van der Waals surface area (Å²) in [6.07, 6.45) is 4.21. The number of hydrogen-bond donors (Lipinski definition) is 0. The highest BCUT2D eigenvalue weighted by Gasteiger charge is 2.15. The fraction of sp³-hybridized carbons (Fsp3) is 0.0769. The number of benzene rings is 3. The maximum absolute atomic E-state index is 4.46. The molecule has 0 atom stereocenters. The highest BCUT2D eigenvalue weighted by atomic mass is 14.9. The summed E-state index contributed by atoms with van der Waals surface area (Å²) < 4.78 is 2.37. The van der Waals surface area contributed by atoms with Gasteiger partial charge in [0, 0.05) is 21.6 Å². The number of fused-ring (bicyclic) bond motifs is 3. The Morgan fingerprint density at radius 2 is 1.67 bits per heavy atom. The van der Waals surface area contributed by atoms with Crippen LogP contribution >= 0.6 is 0 Å². The van der Waals surface area contributed by atoms with Crippen LogP contribution in [0.25, 0.3) is 56.7 Å². The molecule has 130 valence electrons. The molecule has 1 heteroatoms. The van der Waals surface area contributed by atoms with Crippen LogP contribution in [0.1, 0.15) is 18.1 Å². The molecule has 0 aliphatic heterocycles. The van der Waals surface area contributed by atoms with Crippen molar-refractivity contribution in [2.24, 2.45) is 0 Å². The van der Waals surface area contributed by atoms with Crippen molar-refractivity contribution < 1.29 is 0 Å². The molecular formula is C26H21N. The first-order valence-electron chi connectivity index (χ1n) is 9.32. The van der Waals surface area contributed by atoms with Gasteiger partial charge in [0.2, 0.25) is 0 Å². The van der Waals surface area contributed by atoms with Crippen LogP contribution in [0.5, 0.6) is 0 Å². The van der Waals surface area contributed by atoms with Gasteiger partial charge in [-0.25, -0.2) is 0 Å². The van der Waals surface area contributed by atoms with E-state index in [1.165, 1.54) is 43.4 Å². The predicted molar refractivity (Wildman–Crippen MR) is 120 cm³/mol. The average molecular weight is 347 g/mol. The number of para-hydroxylation sites is 1. The smallest absolute Gasteiger partial charge is 0.0613 e. The molecule has 1 nitrogen and oxygen atoms in total. The van der Waals surface area contributed by atoms with Crippen LogP contribution in [-0.4, -0.2) is 4.40 Å². The molecule has 0 saturated carbocycles. The topological polar surface area (TPSA) is 4.41 Å². The van der Waals surface area contributed by atoms with E-state index >= 15 is 0 Å². The molecule has 5 rings (SSSR count). The fourth-order valence-corrected chi connectivity index (χ4v) is 4.60. The molecule has 0 aliphatic rings. The van der Waals surface area contributed by atoms with Gasteiger partial charge in [0.05, 0.1) is 16.4 Å². The van der Waals surface area contributed by atoms with Crippen molar-refractivity contribution >= 4 is 56.7 Å². The van der Waals surface area contributed by atoms with Gasteiger partial charge >= 0.3 is 0 Å². The Morgan fingerprint density at radius 3 is 2.44 bits per heavy atom. The third kappa shape index (κ3) is 1.94. The van der Waals surface area contributed by atoms with Gasteiger partial charge in [0.1, 0.15) is 0 Å². The maximum atomic E-state index is 4.46. The number of aryl methyl sites for hydroxylation is 1. The Hall–Kier alpha value is -3.32. The summed E-state index contributed by atoms with van der Waals surface area (Å²) in [6, 6.07) is 19.5. The van der Waals surface area contributed by atoms with Gasteiger partial charge in [-0.2, -0.15) is 0 Å². The van der Waals surface area contributed by atoms with Crippen molar-refractivity contribution in [2.45, 2.75) is 13.8 Å². The second kappa shape index (κ2) is 5.59. The molecule has 0 unspecified atom stereocenters. The van der Waals surface area contributed by atoms with Gasteiger partial charge in [-0.1, -0.05) is 73.8 Å². The van der Waals surface area contributed by atoms with Crippen molar-refractivity contribution in [1.29, 1.82) is 0 Å². The van der Waals surface area contributed by atoms with Crippen molar-refractivity contribution in [3.05, 3.63) is 82.9 Å². The van der Waals surface area contributed by atoms with Gasteiger partial charge in [-0.3, -0.25) is 0 Å². The molecule has 0 N–H and O–H groups in total. The van der Waals surface area contributed by atoms with E-state index in [1.807, 2.05) is 6.08 Å². The summed E-state index contributed by atoms with van der Waals surface area (Å²) >= 11 is 0. The van der Waals surface area contributed by atoms with Gasteiger partial charge in [0.15, 0.2) is 0 Å². The van der Waals surface area contributed by atoms with E-state index in [0.717, 1.165) is 16.3 Å². The normalized spacial score (nSPS) is 12.6. The first-order chi connectivity index (χ1) is 13.2. The molecule has 0 radical (unpaired) electrons. The Balaban J connectivity index is 2.39. The van der Waals surface area contributed by atoms with Crippen LogP contribution in [0.4, 0.5) is 0 Å². The number of hydrogen-bond acceptors (Lipinski definition) is 0. The molecule has 0 fully saturated rings. The summed E-state index contributed by atoms with van der Waals surface area (Å²) in [5, 5.41) is 8.54. The molecule has 0 aliphatic carbocycles. The lowest BCUT2D eigenvalue weighted by Gasteiger charge is -2.06. The molecule has 0 saturated heterocycles. The number of aromatic nitrogens is 1. The lowest BCUT2D eigenvalue weighted by molar-refractivity contribution is 1.21. The standard InChI is InChI=1S/C26H21N/c1-5-19-21-12-9-10-18-15-14-16(3)24(25(18)21)22(6-2)27-23-13-8-7-11-20(23)17(4)26(19)27/h5-15H,1,4H2,2-3H3/b22-6+. The molecule has 0 spiro atoms. The minimum atomic E-state index is 1.06. The van der Waals surface area contributed by atoms with E-state index < -0.39 is 0 Å². The van der Waals surface area contributed by atoms with E-state index in [-0.39, 0.29) is 0 Å². The second-order valence-electron chi connectivity index (χ2n) is 7.13. The first kappa shape index (κ1) is 15.9. The third-order valence-corrected chi connectivity index (χ3v) is 5.75. The molecule has 27 heavy (non-hydrogen) atoms. The lowest BCUT2D eigenvalue weighted by atomic mass is 9.97. The zero-order valence-electron chi connectivity index (χ0n) is 15.7. The lowest BCUT2D eigenvalue weighted by Crippen LogP contribution is -2.13. The van der Waals surface area contributed by atoms with E-state index in [9.17, 15) is 0 Å². The molecule has 2 aromatic heterocycles. The highest BCUT2D eigenvalue weighted by Crippen LogP contribution is 2.31. The van der Waals surface area contributed by atoms with Crippen LogP contribution in [0.2, 0.25) is 0 Å². The van der Waals surface area contributed by atoms with Crippen molar-refractivity contribution in [2.75, 3.05) is 0 Å². The molecule has 0 amide bonds. The van der Waals surface area contributed by atoms with Crippen LogP contribution in [0.15, 0.2) is 61.2 Å². The van der Waals surface area contributed by atoms with Crippen molar-refractivity contribution in [1.82, 2.24) is 4.40 Å². The van der Waals surface area contributed by atoms with E-state index in [2.05, 4.69) is 92.1 Å². The maximum Gasteiger partial charge on any atom is 0.0613 e. The van der Waals surface area contributed by atoms with Gasteiger partial charge < -0.3 is 4.40 Å². The minimum Gasteiger partial charge on any atom is -0.308 e. The minimum absolute atomic E-state index is 1.06. The molecule has 2 heterocycles. The Kier molecular flexibility index (Phi) is 3.29. The van der Waals surface area contributed by atoms with Crippen LogP contribution in [-0.2, 0) is 0 Å². The summed E-state index contributed by atoms with van der Waals surface area (Å²) in [5.74, 6) is 0. The van der Waals surface area contributed by atoms with E-state index in [4.69, 9.17) is 0 Å². The zero-order valence-corrected chi connectivity index (χ0v) is 15.7. The highest BCUT2D eigenvalue weighted by molar-refractivity contribution is 6.15. The van der Waals surface area contributed by atoms with E-state index in [1.54, 1.807) is 0 Å². The van der Waals surface area contributed by atoms with Crippen molar-refractivity contribution in [3.63, 3.8) is 0 Å². The Labute approximate surface area is 158 Å². The van der Waals surface area contributed by atoms with E-state index in [0.29, 0.717) is 0 Å². The fourth-order valence-electron chi connectivity index (χ4n) is 4.60. The van der Waals surface area contributed by atoms with Crippen LogP contribution < -0.4 is 10.6 Å². The molecule has 3 aromatic carbocycles. The van der Waals surface area contributed by atoms with Crippen LogP contribution in [0, 0.1) is 6.92 Å². The summed E-state index contributed by atoms with van der Waals surface area (Å²) in [6.45, 7) is 13.0. The summed E-state index contributed by atoms with van der Waals surface area (Å²) in [5.41, 5.74) is 4.75. The summed E-state index contributed by atoms with van der Waals surface area (Å²) in [4.78, 5) is 0. The summed E-state index contributed by atoms with van der Waals surface area (Å²) in [7, 11) is 0. The van der Waals surface area contributed by atoms with Crippen molar-refractivity contribution in [3.8, 4) is 0 Å². The largest absolute Gasteiger partial charge is 0.308 e. The molecular weight excluding hydrogens is 326 g/mol. The number of nitrogens with zero attached hydrogens (tertiary/aromatic N) is 1. The third-order valence-electron chi connectivity index (χ3n) is 5.75. The van der Waals surface area contributed by atoms with Crippen LogP contribution in [0.3, 0.4) is 0 Å². The predicted octanol–water partition coefficient (Wildman–Crippen LogP) is 5.56. The Bertz CT molecular complexity index is 1510. The molecule has 0 bridgehead atoms. The Morgan fingerprint density at radius 1 is 0.889 bits per heavy atom.